The van der Waals surface area contributed by atoms with Crippen LogP contribution in [0.5, 0.6) is 0 Å². The number of hydrogen-bond acceptors (Lipinski definition) is 3. The van der Waals surface area contributed by atoms with Crippen LogP contribution in [-0.4, -0.2) is 62.2 Å². The van der Waals surface area contributed by atoms with E-state index in [2.05, 4.69) is 42.9 Å². The highest BCUT2D eigenvalue weighted by Gasteiger charge is 2.33. The molecule has 0 radical (unpaired) electrons. The molecule has 1 saturated carbocycles. The maximum atomic E-state index is 3.88. The highest BCUT2D eigenvalue weighted by molar-refractivity contribution is 4.88. The number of rotatable bonds is 4. The van der Waals surface area contributed by atoms with Gasteiger partial charge >= 0.3 is 0 Å². The zero-order valence-corrected chi connectivity index (χ0v) is 14.1. The summed E-state index contributed by atoms with van der Waals surface area (Å²) in [6.45, 7) is 14.6. The van der Waals surface area contributed by atoms with Gasteiger partial charge in [-0.1, -0.05) is 33.6 Å². The molecule has 2 aliphatic rings. The van der Waals surface area contributed by atoms with E-state index in [0.717, 1.165) is 12.0 Å². The van der Waals surface area contributed by atoms with Crippen molar-refractivity contribution >= 4 is 0 Å². The standard InChI is InChI=1S/C17H35N3/c1-17(2,3)15-7-5-6-8-16(15)18-9-10-20-13-11-19(4)12-14-20/h15-16,18H,5-14H2,1-4H3. The first-order valence-electron chi connectivity index (χ1n) is 8.61. The van der Waals surface area contributed by atoms with E-state index >= 15 is 0 Å². The second-order valence-electron chi connectivity index (χ2n) is 7.96. The maximum absolute atomic E-state index is 3.88. The lowest BCUT2D eigenvalue weighted by Crippen LogP contribution is -2.49. The number of nitrogens with one attached hydrogen (secondary N) is 1. The summed E-state index contributed by atoms with van der Waals surface area (Å²) < 4.78 is 0. The number of nitrogens with zero attached hydrogens (tertiary/aromatic N) is 2. The molecule has 1 heterocycles. The van der Waals surface area contributed by atoms with Crippen LogP contribution in [0.1, 0.15) is 46.5 Å². The first-order valence-corrected chi connectivity index (χ1v) is 8.61. The number of piperazine rings is 1. The van der Waals surface area contributed by atoms with Crippen LogP contribution in [-0.2, 0) is 0 Å². The summed E-state index contributed by atoms with van der Waals surface area (Å²) in [6, 6.07) is 0.746. The van der Waals surface area contributed by atoms with E-state index < -0.39 is 0 Å². The Labute approximate surface area is 126 Å². The van der Waals surface area contributed by atoms with E-state index in [-0.39, 0.29) is 0 Å². The van der Waals surface area contributed by atoms with Gasteiger partial charge in [0, 0.05) is 45.3 Å². The Morgan fingerprint density at radius 1 is 1.00 bits per heavy atom. The predicted octanol–water partition coefficient (Wildman–Crippen LogP) is 2.43. The second-order valence-corrected chi connectivity index (χ2v) is 7.96. The third kappa shape index (κ3) is 4.71. The summed E-state index contributed by atoms with van der Waals surface area (Å²) in [6.07, 6.45) is 5.64. The van der Waals surface area contributed by atoms with Crippen LogP contribution in [0.25, 0.3) is 0 Å². The fourth-order valence-corrected chi connectivity index (χ4v) is 3.89. The average Bonchev–Trinajstić information content (AvgIpc) is 2.40. The Kier molecular flexibility index (Phi) is 5.88. The van der Waals surface area contributed by atoms with Gasteiger partial charge in [0.2, 0.25) is 0 Å². The molecule has 2 unspecified atom stereocenters. The fourth-order valence-electron chi connectivity index (χ4n) is 3.89. The summed E-state index contributed by atoms with van der Waals surface area (Å²) in [4.78, 5) is 5.04. The Balaban J connectivity index is 1.72. The molecular formula is C17H35N3. The fraction of sp³-hybridized carbons (Fsp3) is 1.00. The Hall–Kier alpha value is -0.120. The van der Waals surface area contributed by atoms with Gasteiger partial charge < -0.3 is 10.2 Å². The molecule has 0 aromatic carbocycles. The van der Waals surface area contributed by atoms with Crippen LogP contribution in [0.2, 0.25) is 0 Å². The zero-order chi connectivity index (χ0) is 14.6. The SMILES string of the molecule is CN1CCN(CCNC2CCCCC2C(C)(C)C)CC1. The molecule has 0 amide bonds. The van der Waals surface area contributed by atoms with Crippen LogP contribution in [0.4, 0.5) is 0 Å². The van der Waals surface area contributed by atoms with Crippen LogP contribution >= 0.6 is 0 Å². The van der Waals surface area contributed by atoms with E-state index in [4.69, 9.17) is 0 Å². The molecule has 1 saturated heterocycles. The topological polar surface area (TPSA) is 18.5 Å². The van der Waals surface area contributed by atoms with E-state index in [1.54, 1.807) is 0 Å². The molecule has 0 aromatic heterocycles. The van der Waals surface area contributed by atoms with Crippen LogP contribution in [0.15, 0.2) is 0 Å². The smallest absolute Gasteiger partial charge is 0.0110 e. The molecule has 20 heavy (non-hydrogen) atoms. The monoisotopic (exact) mass is 281 g/mol. The summed E-state index contributed by atoms with van der Waals surface area (Å²) >= 11 is 0. The summed E-state index contributed by atoms with van der Waals surface area (Å²) in [5, 5.41) is 3.88. The zero-order valence-electron chi connectivity index (χ0n) is 14.1. The molecule has 2 fully saturated rings. The number of likely N-dealkylation sites (N-methyl/N-ethyl adjacent to an activating group) is 1. The summed E-state index contributed by atoms with van der Waals surface area (Å²) in [5.41, 5.74) is 0.450. The molecule has 3 nitrogen and oxygen atoms in total. The molecule has 0 bridgehead atoms. The van der Waals surface area contributed by atoms with Crippen molar-refractivity contribution < 1.29 is 0 Å². The van der Waals surface area contributed by atoms with Gasteiger partial charge in [-0.3, -0.25) is 4.90 Å². The van der Waals surface area contributed by atoms with Crippen LogP contribution < -0.4 is 5.32 Å². The Bertz CT molecular complexity index is 276. The lowest BCUT2D eigenvalue weighted by Gasteiger charge is -2.41. The van der Waals surface area contributed by atoms with Gasteiger partial charge in [0.1, 0.15) is 0 Å². The third-order valence-electron chi connectivity index (χ3n) is 5.31. The Morgan fingerprint density at radius 3 is 2.30 bits per heavy atom. The van der Waals surface area contributed by atoms with Crippen LogP contribution in [0.3, 0.4) is 0 Å². The molecule has 1 N–H and O–H groups in total. The molecule has 118 valence electrons. The Morgan fingerprint density at radius 2 is 1.65 bits per heavy atom. The van der Waals surface area contributed by atoms with E-state index in [0.29, 0.717) is 5.41 Å². The first-order chi connectivity index (χ1) is 9.47. The van der Waals surface area contributed by atoms with Gasteiger partial charge in [-0.2, -0.15) is 0 Å². The van der Waals surface area contributed by atoms with Crippen molar-refractivity contribution in [2.45, 2.75) is 52.5 Å². The summed E-state index contributed by atoms with van der Waals surface area (Å²) in [5.74, 6) is 0.851. The van der Waals surface area contributed by atoms with E-state index in [9.17, 15) is 0 Å². The number of hydrogen-bond donors (Lipinski definition) is 1. The lowest BCUT2D eigenvalue weighted by atomic mass is 9.69. The van der Waals surface area contributed by atoms with Crippen molar-refractivity contribution in [3.05, 3.63) is 0 Å². The molecule has 1 aliphatic heterocycles. The van der Waals surface area contributed by atoms with Crippen molar-refractivity contribution in [3.8, 4) is 0 Å². The molecule has 3 heteroatoms. The molecular weight excluding hydrogens is 246 g/mol. The molecule has 1 aliphatic carbocycles. The summed E-state index contributed by atoms with van der Waals surface area (Å²) in [7, 11) is 2.23. The van der Waals surface area contributed by atoms with E-state index in [1.165, 1.54) is 65.0 Å². The minimum absolute atomic E-state index is 0.450. The van der Waals surface area contributed by atoms with Crippen molar-refractivity contribution in [3.63, 3.8) is 0 Å². The van der Waals surface area contributed by atoms with Gasteiger partial charge in [0.15, 0.2) is 0 Å². The maximum Gasteiger partial charge on any atom is 0.0110 e. The molecule has 2 atom stereocenters. The van der Waals surface area contributed by atoms with Gasteiger partial charge in [0.05, 0.1) is 0 Å². The highest BCUT2D eigenvalue weighted by atomic mass is 15.2. The average molecular weight is 281 g/mol. The van der Waals surface area contributed by atoms with E-state index in [1.807, 2.05) is 0 Å². The first kappa shape index (κ1) is 16.3. The van der Waals surface area contributed by atoms with Crippen molar-refractivity contribution in [2.24, 2.45) is 11.3 Å². The van der Waals surface area contributed by atoms with Gasteiger partial charge in [-0.15, -0.1) is 0 Å². The van der Waals surface area contributed by atoms with Crippen molar-refractivity contribution in [1.29, 1.82) is 0 Å². The molecule has 0 aromatic rings. The minimum Gasteiger partial charge on any atom is -0.312 e. The van der Waals surface area contributed by atoms with Gasteiger partial charge in [-0.05, 0) is 31.2 Å². The predicted molar refractivity (Wildman–Crippen MR) is 87.1 cm³/mol. The van der Waals surface area contributed by atoms with Crippen molar-refractivity contribution in [1.82, 2.24) is 15.1 Å². The molecule has 2 rings (SSSR count). The highest BCUT2D eigenvalue weighted by Crippen LogP contribution is 2.37. The lowest BCUT2D eigenvalue weighted by molar-refractivity contribution is 0.120. The second kappa shape index (κ2) is 7.24. The van der Waals surface area contributed by atoms with Gasteiger partial charge in [-0.25, -0.2) is 0 Å². The normalized spacial score (nSPS) is 30.6. The molecule has 0 spiro atoms. The quantitative estimate of drug-likeness (QED) is 0.854. The van der Waals surface area contributed by atoms with Crippen molar-refractivity contribution in [2.75, 3.05) is 46.3 Å². The van der Waals surface area contributed by atoms with Gasteiger partial charge in [0.25, 0.3) is 0 Å². The van der Waals surface area contributed by atoms with Crippen LogP contribution in [0, 0.1) is 11.3 Å². The largest absolute Gasteiger partial charge is 0.312 e. The minimum atomic E-state index is 0.450. The third-order valence-corrected chi connectivity index (χ3v) is 5.31.